The van der Waals surface area contributed by atoms with E-state index >= 15 is 0 Å². The molecular formula is C9H18N2O3. The predicted molar refractivity (Wildman–Crippen MR) is 51.7 cm³/mol. The zero-order valence-electron chi connectivity index (χ0n) is 9.30. The lowest BCUT2D eigenvalue weighted by molar-refractivity contribution is -0.157. The summed E-state index contributed by atoms with van der Waals surface area (Å²) in [4.78, 5) is 26.8. The van der Waals surface area contributed by atoms with Crippen LogP contribution in [-0.2, 0) is 14.5 Å². The van der Waals surface area contributed by atoms with Crippen molar-refractivity contribution in [1.82, 2.24) is 11.0 Å². The number of carbonyl (C=O) groups excluding carboxylic acids is 2. The molecule has 0 radical (unpaired) electrons. The van der Waals surface area contributed by atoms with Gasteiger partial charge in [-0.25, -0.2) is 11.0 Å². The van der Waals surface area contributed by atoms with Gasteiger partial charge in [-0.05, 0) is 0 Å². The topological polar surface area (TPSA) is 67.4 Å². The molecule has 0 aromatic rings. The normalized spacial score (nSPS) is 11.3. The number of carbonyl (C=O) groups is 2. The number of nitrogens with one attached hydrogen (secondary N) is 2. The lowest BCUT2D eigenvalue weighted by Gasteiger charge is -2.17. The van der Waals surface area contributed by atoms with Crippen molar-refractivity contribution in [3.05, 3.63) is 0 Å². The van der Waals surface area contributed by atoms with Gasteiger partial charge >= 0.3 is 0 Å². The lowest BCUT2D eigenvalue weighted by Crippen LogP contribution is -2.41. The first-order valence-electron chi connectivity index (χ1n) is 4.51. The summed E-state index contributed by atoms with van der Waals surface area (Å²) in [7, 11) is 0. The van der Waals surface area contributed by atoms with E-state index in [4.69, 9.17) is 0 Å². The Bertz CT molecular complexity index is 219. The molecule has 0 heterocycles. The van der Waals surface area contributed by atoms with E-state index in [1.165, 1.54) is 0 Å². The first-order valence-corrected chi connectivity index (χ1v) is 4.51. The summed E-state index contributed by atoms with van der Waals surface area (Å²) in [5, 5.41) is 0. The molecule has 0 saturated heterocycles. The molecule has 0 rings (SSSR count). The van der Waals surface area contributed by atoms with Crippen LogP contribution in [0.3, 0.4) is 0 Å². The van der Waals surface area contributed by atoms with E-state index in [0.717, 1.165) is 0 Å². The number of hydroxylamine groups is 2. The number of rotatable bonds is 3. The van der Waals surface area contributed by atoms with Crippen LogP contribution in [0, 0.1) is 11.3 Å². The molecule has 2 N–H and O–H groups in total. The molecule has 0 spiro atoms. The van der Waals surface area contributed by atoms with Gasteiger partial charge in [-0.2, -0.15) is 4.94 Å². The maximum Gasteiger partial charge on any atom is 0.250 e. The Morgan fingerprint density at radius 3 is 2.00 bits per heavy atom. The maximum absolute atomic E-state index is 11.2. The smallest absolute Gasteiger partial charge is 0.250 e. The fourth-order valence-electron chi connectivity index (χ4n) is 0.393. The Balaban J connectivity index is 3.76. The highest BCUT2D eigenvalue weighted by atomic mass is 16.8. The van der Waals surface area contributed by atoms with Crippen LogP contribution >= 0.6 is 0 Å². The molecule has 0 aliphatic rings. The summed E-state index contributed by atoms with van der Waals surface area (Å²) >= 11 is 0. The molecule has 5 heteroatoms. The minimum absolute atomic E-state index is 0.179. The molecule has 0 saturated carbocycles. The highest BCUT2D eigenvalue weighted by Gasteiger charge is 2.21. The van der Waals surface area contributed by atoms with Crippen molar-refractivity contribution in [3.8, 4) is 0 Å². The van der Waals surface area contributed by atoms with Crippen molar-refractivity contribution in [3.63, 3.8) is 0 Å². The van der Waals surface area contributed by atoms with Crippen LogP contribution in [0.25, 0.3) is 0 Å². The summed E-state index contributed by atoms with van der Waals surface area (Å²) in [6.45, 7) is 8.69. The van der Waals surface area contributed by atoms with Gasteiger partial charge in [0.1, 0.15) is 0 Å². The van der Waals surface area contributed by atoms with Crippen LogP contribution < -0.4 is 11.0 Å². The minimum Gasteiger partial charge on any atom is -0.272 e. The second-order valence-electron chi connectivity index (χ2n) is 4.40. The summed E-state index contributed by atoms with van der Waals surface area (Å²) in [5.41, 5.74) is 3.71. The average Bonchev–Trinajstić information content (AvgIpc) is 2.01. The van der Waals surface area contributed by atoms with Crippen molar-refractivity contribution >= 4 is 11.8 Å². The van der Waals surface area contributed by atoms with Gasteiger partial charge in [0.2, 0.25) is 5.91 Å². The molecule has 0 bridgehead atoms. The van der Waals surface area contributed by atoms with Gasteiger partial charge in [-0.15, -0.1) is 0 Å². The molecule has 0 aliphatic carbocycles. The highest BCUT2D eigenvalue weighted by molar-refractivity contribution is 5.80. The Labute approximate surface area is 84.1 Å². The van der Waals surface area contributed by atoms with Crippen molar-refractivity contribution in [2.24, 2.45) is 11.3 Å². The number of hydrogen-bond acceptors (Lipinski definition) is 3. The third-order valence-corrected chi connectivity index (χ3v) is 1.50. The van der Waals surface area contributed by atoms with Crippen LogP contribution in [0.5, 0.6) is 0 Å². The quantitative estimate of drug-likeness (QED) is 0.664. The van der Waals surface area contributed by atoms with Crippen LogP contribution in [0.2, 0.25) is 0 Å². The van der Waals surface area contributed by atoms with Crippen LogP contribution in [0.4, 0.5) is 0 Å². The first kappa shape index (κ1) is 12.9. The summed E-state index contributed by atoms with van der Waals surface area (Å²) in [6.07, 6.45) is 0. The van der Waals surface area contributed by atoms with E-state index in [0.29, 0.717) is 0 Å². The van der Waals surface area contributed by atoms with Crippen molar-refractivity contribution in [2.45, 2.75) is 34.6 Å². The highest BCUT2D eigenvalue weighted by Crippen LogP contribution is 2.11. The molecule has 0 fully saturated rings. The van der Waals surface area contributed by atoms with Crippen LogP contribution in [0.15, 0.2) is 0 Å². The summed E-state index contributed by atoms with van der Waals surface area (Å²) in [5.74, 6) is -0.748. The van der Waals surface area contributed by atoms with Crippen LogP contribution in [0.1, 0.15) is 34.6 Å². The van der Waals surface area contributed by atoms with E-state index in [9.17, 15) is 9.59 Å². The minimum atomic E-state index is -0.539. The van der Waals surface area contributed by atoms with Gasteiger partial charge in [-0.1, -0.05) is 34.6 Å². The third kappa shape index (κ3) is 4.81. The number of amides is 2. The largest absolute Gasteiger partial charge is 0.272 e. The van der Waals surface area contributed by atoms with Crippen molar-refractivity contribution < 1.29 is 14.5 Å². The van der Waals surface area contributed by atoms with Gasteiger partial charge in [0.25, 0.3) is 5.91 Å². The zero-order chi connectivity index (χ0) is 11.4. The van der Waals surface area contributed by atoms with E-state index < -0.39 is 5.41 Å². The molecule has 82 valence electrons. The van der Waals surface area contributed by atoms with E-state index in [-0.39, 0.29) is 17.7 Å². The molecular weight excluding hydrogens is 184 g/mol. The molecule has 0 aromatic heterocycles. The predicted octanol–water partition coefficient (Wildman–Crippen LogP) is 0.767. The fourth-order valence-corrected chi connectivity index (χ4v) is 0.393. The first-order chi connectivity index (χ1) is 6.25. The fraction of sp³-hybridized carbons (Fsp3) is 0.778. The maximum atomic E-state index is 11.2. The van der Waals surface area contributed by atoms with Crippen LogP contribution in [-0.4, -0.2) is 11.8 Å². The Hall–Kier alpha value is -1.10. The second kappa shape index (κ2) is 4.95. The van der Waals surface area contributed by atoms with E-state index in [1.807, 2.05) is 0 Å². The zero-order valence-corrected chi connectivity index (χ0v) is 9.30. The van der Waals surface area contributed by atoms with Gasteiger partial charge < -0.3 is 0 Å². The standard InChI is InChI=1S/C9H18N2O3/c1-6(2)7(12)10-14-11-8(13)9(3,4)5/h6H,1-5H3,(H,10,12)(H,11,13). The lowest BCUT2D eigenvalue weighted by atomic mass is 9.96. The van der Waals surface area contributed by atoms with Gasteiger partial charge in [0, 0.05) is 11.3 Å². The summed E-state index contributed by atoms with van der Waals surface area (Å²) in [6, 6.07) is 0. The average molecular weight is 202 g/mol. The van der Waals surface area contributed by atoms with E-state index in [2.05, 4.69) is 15.9 Å². The SMILES string of the molecule is CC(C)C(=O)NONC(=O)C(C)(C)C. The van der Waals surface area contributed by atoms with Crippen molar-refractivity contribution in [2.75, 3.05) is 0 Å². The molecule has 14 heavy (non-hydrogen) atoms. The van der Waals surface area contributed by atoms with Gasteiger partial charge in [0.05, 0.1) is 0 Å². The Kier molecular flexibility index (Phi) is 4.56. The second-order valence-corrected chi connectivity index (χ2v) is 4.40. The monoisotopic (exact) mass is 202 g/mol. The Morgan fingerprint density at radius 1 is 1.14 bits per heavy atom. The molecule has 5 nitrogen and oxygen atoms in total. The van der Waals surface area contributed by atoms with E-state index in [1.54, 1.807) is 34.6 Å². The summed E-state index contributed by atoms with van der Waals surface area (Å²) < 4.78 is 0. The third-order valence-electron chi connectivity index (χ3n) is 1.50. The Morgan fingerprint density at radius 2 is 1.64 bits per heavy atom. The molecule has 2 amide bonds. The molecule has 0 unspecified atom stereocenters. The molecule has 0 atom stereocenters. The number of hydrogen-bond donors (Lipinski definition) is 2. The van der Waals surface area contributed by atoms with Gasteiger partial charge in [0.15, 0.2) is 0 Å². The van der Waals surface area contributed by atoms with Gasteiger partial charge in [-0.3, -0.25) is 9.59 Å². The molecule has 0 aromatic carbocycles. The molecule has 0 aliphatic heterocycles. The van der Waals surface area contributed by atoms with Crippen molar-refractivity contribution in [1.29, 1.82) is 0 Å².